The summed E-state index contributed by atoms with van der Waals surface area (Å²) in [6.45, 7) is 7.72. The molecule has 0 unspecified atom stereocenters. The molecule has 0 aliphatic heterocycles. The van der Waals surface area contributed by atoms with Gasteiger partial charge in [-0.15, -0.1) is 0 Å². The fourth-order valence-electron chi connectivity index (χ4n) is 0.896. The molecule has 0 aliphatic carbocycles. The molecule has 0 aromatic carbocycles. The van der Waals surface area contributed by atoms with Crippen molar-refractivity contribution in [3.05, 3.63) is 36.0 Å². The second-order valence-corrected chi connectivity index (χ2v) is 2.51. The standard InChI is InChI=1S/C11H16O/c1-4-7-11(9-12)8-10(5-2)6-3/h5,7-9H,2,4,6H2,1,3H3/b10-8+,11-7+. The Kier molecular flexibility index (Phi) is 5.98. The van der Waals surface area contributed by atoms with E-state index in [1.54, 1.807) is 6.08 Å². The normalized spacial score (nSPS) is 12.8. The van der Waals surface area contributed by atoms with E-state index >= 15 is 0 Å². The highest BCUT2D eigenvalue weighted by Crippen LogP contribution is 2.06. The monoisotopic (exact) mass is 164 g/mol. The van der Waals surface area contributed by atoms with Crippen LogP contribution < -0.4 is 0 Å². The van der Waals surface area contributed by atoms with Crippen molar-refractivity contribution in [1.82, 2.24) is 0 Å². The zero-order valence-corrected chi connectivity index (χ0v) is 7.84. The van der Waals surface area contributed by atoms with Crippen molar-refractivity contribution in [2.45, 2.75) is 26.7 Å². The SMILES string of the molecule is C=C/C(=C\C(C=O)=C/CC)CC. The van der Waals surface area contributed by atoms with Gasteiger partial charge in [0.05, 0.1) is 0 Å². The Morgan fingerprint density at radius 1 is 1.42 bits per heavy atom. The molecule has 0 N–H and O–H groups in total. The van der Waals surface area contributed by atoms with E-state index in [0.717, 1.165) is 30.3 Å². The topological polar surface area (TPSA) is 17.1 Å². The Balaban J connectivity index is 4.53. The van der Waals surface area contributed by atoms with Crippen LogP contribution >= 0.6 is 0 Å². The third-order valence-corrected chi connectivity index (χ3v) is 1.60. The summed E-state index contributed by atoms with van der Waals surface area (Å²) in [5.74, 6) is 0. The first-order chi connectivity index (χ1) is 5.78. The van der Waals surface area contributed by atoms with Gasteiger partial charge in [-0.25, -0.2) is 0 Å². The highest BCUT2D eigenvalue weighted by Gasteiger charge is 1.91. The van der Waals surface area contributed by atoms with Gasteiger partial charge in [0.15, 0.2) is 0 Å². The second kappa shape index (κ2) is 6.59. The predicted octanol–water partition coefficient (Wildman–Crippen LogP) is 3.04. The summed E-state index contributed by atoms with van der Waals surface area (Å²) >= 11 is 0. The minimum absolute atomic E-state index is 0.745. The summed E-state index contributed by atoms with van der Waals surface area (Å²) in [4.78, 5) is 10.5. The van der Waals surface area contributed by atoms with Crippen LogP contribution in [-0.2, 0) is 4.79 Å². The van der Waals surface area contributed by atoms with Gasteiger partial charge < -0.3 is 0 Å². The molecular formula is C11H16O. The molecule has 12 heavy (non-hydrogen) atoms. The van der Waals surface area contributed by atoms with Crippen LogP contribution in [0.3, 0.4) is 0 Å². The van der Waals surface area contributed by atoms with E-state index in [-0.39, 0.29) is 0 Å². The van der Waals surface area contributed by atoms with Crippen molar-refractivity contribution >= 4 is 6.29 Å². The highest BCUT2D eigenvalue weighted by atomic mass is 16.1. The first kappa shape index (κ1) is 10.9. The lowest BCUT2D eigenvalue weighted by Crippen LogP contribution is -1.82. The van der Waals surface area contributed by atoms with Crippen LogP contribution in [0.4, 0.5) is 0 Å². The molecule has 0 fully saturated rings. The summed E-state index contributed by atoms with van der Waals surface area (Å²) in [7, 11) is 0. The molecule has 0 spiro atoms. The van der Waals surface area contributed by atoms with Crippen LogP contribution in [0.2, 0.25) is 0 Å². The quantitative estimate of drug-likeness (QED) is 0.347. The minimum atomic E-state index is 0.745. The molecule has 0 amide bonds. The lowest BCUT2D eigenvalue weighted by Gasteiger charge is -1.95. The second-order valence-electron chi connectivity index (χ2n) is 2.51. The van der Waals surface area contributed by atoms with Gasteiger partial charge in [0.25, 0.3) is 0 Å². The molecule has 1 nitrogen and oxygen atoms in total. The first-order valence-corrected chi connectivity index (χ1v) is 4.26. The highest BCUT2D eigenvalue weighted by molar-refractivity contribution is 5.77. The number of hydrogen-bond acceptors (Lipinski definition) is 1. The Morgan fingerprint density at radius 3 is 2.42 bits per heavy atom. The van der Waals surface area contributed by atoms with E-state index in [0.29, 0.717) is 0 Å². The predicted molar refractivity (Wildman–Crippen MR) is 53.0 cm³/mol. The zero-order chi connectivity index (χ0) is 9.40. The summed E-state index contributed by atoms with van der Waals surface area (Å²) in [5, 5.41) is 0. The van der Waals surface area contributed by atoms with E-state index in [4.69, 9.17) is 0 Å². The Hall–Kier alpha value is -1.11. The number of hydrogen-bond donors (Lipinski definition) is 0. The zero-order valence-electron chi connectivity index (χ0n) is 7.84. The number of carbonyl (C=O) groups excluding carboxylic acids is 1. The number of aldehydes is 1. The van der Waals surface area contributed by atoms with Crippen LogP contribution in [0.5, 0.6) is 0 Å². The molecule has 0 aliphatic rings. The van der Waals surface area contributed by atoms with Gasteiger partial charge in [0.2, 0.25) is 0 Å². The third-order valence-electron chi connectivity index (χ3n) is 1.60. The van der Waals surface area contributed by atoms with Crippen molar-refractivity contribution < 1.29 is 4.79 Å². The van der Waals surface area contributed by atoms with E-state index in [1.165, 1.54) is 0 Å². The molecule has 0 radical (unpaired) electrons. The molecule has 0 aromatic rings. The average Bonchev–Trinajstić information content (AvgIpc) is 2.12. The molecule has 0 rings (SSSR count). The van der Waals surface area contributed by atoms with Gasteiger partial charge in [-0.2, -0.15) is 0 Å². The van der Waals surface area contributed by atoms with Crippen molar-refractivity contribution in [2.24, 2.45) is 0 Å². The first-order valence-electron chi connectivity index (χ1n) is 4.26. The van der Waals surface area contributed by atoms with Gasteiger partial charge >= 0.3 is 0 Å². The van der Waals surface area contributed by atoms with Gasteiger partial charge in [0, 0.05) is 5.57 Å². The minimum Gasteiger partial charge on any atom is -0.298 e. The van der Waals surface area contributed by atoms with Crippen LogP contribution in [0.15, 0.2) is 36.0 Å². The fourth-order valence-corrected chi connectivity index (χ4v) is 0.896. The molecule has 66 valence electrons. The molecule has 0 saturated carbocycles. The lowest BCUT2D eigenvalue weighted by atomic mass is 10.1. The van der Waals surface area contributed by atoms with E-state index in [1.807, 2.05) is 26.0 Å². The van der Waals surface area contributed by atoms with Crippen LogP contribution in [0, 0.1) is 0 Å². The average molecular weight is 164 g/mol. The maximum atomic E-state index is 10.5. The smallest absolute Gasteiger partial charge is 0.149 e. The van der Waals surface area contributed by atoms with E-state index in [9.17, 15) is 4.79 Å². The molecule has 0 atom stereocenters. The van der Waals surface area contributed by atoms with Gasteiger partial charge in [-0.1, -0.05) is 32.6 Å². The van der Waals surface area contributed by atoms with Gasteiger partial charge in [0.1, 0.15) is 6.29 Å². The third kappa shape index (κ3) is 3.91. The van der Waals surface area contributed by atoms with Gasteiger partial charge in [-0.3, -0.25) is 4.79 Å². The van der Waals surface area contributed by atoms with Crippen molar-refractivity contribution in [1.29, 1.82) is 0 Å². The lowest BCUT2D eigenvalue weighted by molar-refractivity contribution is -0.104. The molecule has 1 heteroatoms. The number of allylic oxidation sites excluding steroid dienone is 5. The summed E-state index contributed by atoms with van der Waals surface area (Å²) in [5.41, 5.74) is 1.84. The number of rotatable bonds is 5. The van der Waals surface area contributed by atoms with Crippen molar-refractivity contribution in [3.8, 4) is 0 Å². The van der Waals surface area contributed by atoms with Crippen molar-refractivity contribution in [2.75, 3.05) is 0 Å². The van der Waals surface area contributed by atoms with Gasteiger partial charge in [-0.05, 0) is 24.5 Å². The molecule has 0 saturated heterocycles. The maximum Gasteiger partial charge on any atom is 0.149 e. The molecular weight excluding hydrogens is 148 g/mol. The summed E-state index contributed by atoms with van der Waals surface area (Å²) in [6.07, 6.45) is 8.25. The maximum absolute atomic E-state index is 10.5. The van der Waals surface area contributed by atoms with Crippen LogP contribution in [-0.4, -0.2) is 6.29 Å². The van der Waals surface area contributed by atoms with E-state index in [2.05, 4.69) is 6.58 Å². The van der Waals surface area contributed by atoms with Crippen LogP contribution in [0.1, 0.15) is 26.7 Å². The fraction of sp³-hybridized carbons (Fsp3) is 0.364. The molecule has 0 bridgehead atoms. The summed E-state index contributed by atoms with van der Waals surface area (Å²) < 4.78 is 0. The van der Waals surface area contributed by atoms with Crippen molar-refractivity contribution in [3.63, 3.8) is 0 Å². The Labute approximate surface area is 74.5 Å². The Bertz CT molecular complexity index is 209. The molecule has 0 aromatic heterocycles. The van der Waals surface area contributed by atoms with Crippen LogP contribution in [0.25, 0.3) is 0 Å². The van der Waals surface area contributed by atoms with E-state index < -0.39 is 0 Å². The number of carbonyl (C=O) groups is 1. The Morgan fingerprint density at radius 2 is 2.08 bits per heavy atom. The summed E-state index contributed by atoms with van der Waals surface area (Å²) in [6, 6.07) is 0. The largest absolute Gasteiger partial charge is 0.298 e. The molecule has 0 heterocycles.